The lowest BCUT2D eigenvalue weighted by Crippen LogP contribution is -2.60. The highest BCUT2D eigenvalue weighted by Crippen LogP contribution is 2.46. The standard InChI is InChI=1S/C45H35F2N5O5/c46-26-19-36(42(39(47)20-26)57-45(54)56-25-38-34-15-7-3-11-30(34)31-12-4-8-16-35(31)38)40-21-41-43(50-49-40)52(23-27-22-48-17-18-51(27)41)44(53)55-24-37-32-13-5-1-9-28(32)29-10-2-6-14-33(29)37/h1-16,19-21,27,37-38,48H,17-18,22-25H2/t27-/m1/s1. The number of aromatic nitrogens is 2. The van der Waals surface area contributed by atoms with E-state index in [0.29, 0.717) is 31.4 Å². The number of rotatable bonds is 6. The fraction of sp³-hybridized carbons (Fsp3) is 0.200. The summed E-state index contributed by atoms with van der Waals surface area (Å²) < 4.78 is 47.6. The molecule has 10 nitrogen and oxygen atoms in total. The molecule has 1 fully saturated rings. The number of hydrogen-bond donors (Lipinski definition) is 1. The minimum absolute atomic E-state index is 0.0419. The second kappa shape index (κ2) is 14.1. The lowest BCUT2D eigenvalue weighted by Gasteiger charge is -2.45. The molecule has 0 radical (unpaired) electrons. The van der Waals surface area contributed by atoms with Gasteiger partial charge in [0.1, 0.15) is 19.0 Å². The van der Waals surface area contributed by atoms with Crippen LogP contribution in [0.2, 0.25) is 0 Å². The molecule has 10 rings (SSSR count). The van der Waals surface area contributed by atoms with Gasteiger partial charge in [0, 0.05) is 37.5 Å². The van der Waals surface area contributed by atoms with E-state index < -0.39 is 29.6 Å². The van der Waals surface area contributed by atoms with Crippen molar-refractivity contribution in [1.29, 1.82) is 0 Å². The van der Waals surface area contributed by atoms with Crippen molar-refractivity contribution in [1.82, 2.24) is 15.5 Å². The molecule has 1 saturated heterocycles. The number of carbonyl (C=O) groups excluding carboxylic acids is 2. The van der Waals surface area contributed by atoms with Gasteiger partial charge in [-0.3, -0.25) is 4.90 Å². The van der Waals surface area contributed by atoms with Crippen LogP contribution in [0, 0.1) is 11.6 Å². The Balaban J connectivity index is 0.915. The third-order valence-corrected chi connectivity index (χ3v) is 11.4. The van der Waals surface area contributed by atoms with Crippen molar-refractivity contribution in [3.05, 3.63) is 149 Å². The number of nitrogens with zero attached hydrogens (tertiary/aromatic N) is 4. The lowest BCUT2D eigenvalue weighted by atomic mass is 9.98. The molecule has 57 heavy (non-hydrogen) atoms. The normalized spacial score (nSPS) is 16.5. The lowest BCUT2D eigenvalue weighted by molar-refractivity contribution is 0.0951. The molecule has 0 saturated carbocycles. The number of piperazine rings is 1. The zero-order valence-corrected chi connectivity index (χ0v) is 30.5. The highest BCUT2D eigenvalue weighted by Gasteiger charge is 2.39. The molecule has 0 bridgehead atoms. The Kier molecular flexibility index (Phi) is 8.63. The second-order valence-electron chi connectivity index (χ2n) is 14.6. The SMILES string of the molecule is O=C(OCC1c2ccccc2-c2ccccc21)Oc1c(F)cc(F)cc1-c1cc2c(nn1)N(C(=O)OCC1c3ccccc3-c3ccccc31)C[C@H]1CNCCN21. The smallest absolute Gasteiger partial charge is 0.448 e. The molecule has 284 valence electrons. The van der Waals surface area contributed by atoms with E-state index >= 15 is 4.39 Å². The first-order valence-electron chi connectivity index (χ1n) is 18.9. The number of halogens is 2. The van der Waals surface area contributed by atoms with Gasteiger partial charge in [0.15, 0.2) is 17.4 Å². The molecule has 2 aliphatic carbocycles. The van der Waals surface area contributed by atoms with Gasteiger partial charge in [-0.25, -0.2) is 18.4 Å². The van der Waals surface area contributed by atoms with Gasteiger partial charge in [0.05, 0.1) is 29.5 Å². The van der Waals surface area contributed by atoms with Crippen molar-refractivity contribution in [3.63, 3.8) is 0 Å². The minimum Gasteiger partial charge on any atom is -0.448 e. The molecule has 1 amide bonds. The Bertz CT molecular complexity index is 2490. The zero-order chi connectivity index (χ0) is 38.6. The number of benzene rings is 5. The summed E-state index contributed by atoms with van der Waals surface area (Å²) in [6, 6.07) is 35.1. The Hall–Kier alpha value is -6.66. The van der Waals surface area contributed by atoms with Gasteiger partial charge in [-0.05, 0) is 56.6 Å². The molecular formula is C45H35F2N5O5. The van der Waals surface area contributed by atoms with Crippen LogP contribution < -0.4 is 19.9 Å². The summed E-state index contributed by atoms with van der Waals surface area (Å²) in [7, 11) is 0. The van der Waals surface area contributed by atoms with Crippen LogP contribution in [0.1, 0.15) is 34.1 Å². The largest absolute Gasteiger partial charge is 0.513 e. The van der Waals surface area contributed by atoms with Crippen molar-refractivity contribution >= 4 is 23.8 Å². The summed E-state index contributed by atoms with van der Waals surface area (Å²) in [6.45, 7) is 2.19. The van der Waals surface area contributed by atoms with Crippen LogP contribution in [0.25, 0.3) is 33.5 Å². The van der Waals surface area contributed by atoms with Crippen molar-refractivity contribution in [2.45, 2.75) is 17.9 Å². The van der Waals surface area contributed by atoms with Gasteiger partial charge < -0.3 is 24.4 Å². The van der Waals surface area contributed by atoms with Crippen LogP contribution in [-0.2, 0) is 9.47 Å². The monoisotopic (exact) mass is 763 g/mol. The number of ether oxygens (including phenoxy) is 3. The first-order valence-corrected chi connectivity index (χ1v) is 18.9. The molecule has 4 aliphatic rings. The van der Waals surface area contributed by atoms with Gasteiger partial charge in [-0.2, -0.15) is 0 Å². The van der Waals surface area contributed by atoms with Crippen LogP contribution in [0.4, 0.5) is 29.9 Å². The molecule has 6 aromatic rings. The van der Waals surface area contributed by atoms with E-state index in [1.54, 1.807) is 6.07 Å². The van der Waals surface area contributed by atoms with Crippen molar-refractivity contribution in [2.24, 2.45) is 0 Å². The molecule has 1 N–H and O–H groups in total. The molecule has 0 spiro atoms. The van der Waals surface area contributed by atoms with E-state index in [2.05, 4.69) is 44.7 Å². The number of anilines is 2. The minimum atomic E-state index is -1.15. The second-order valence-corrected chi connectivity index (χ2v) is 14.6. The maximum Gasteiger partial charge on any atom is 0.513 e. The number of nitrogens with one attached hydrogen (secondary N) is 1. The van der Waals surface area contributed by atoms with Crippen molar-refractivity contribution in [2.75, 3.05) is 49.2 Å². The number of fused-ring (bicyclic) bond motifs is 9. The molecule has 1 atom stereocenters. The quantitative estimate of drug-likeness (QED) is 0.133. The van der Waals surface area contributed by atoms with Gasteiger partial charge >= 0.3 is 12.2 Å². The van der Waals surface area contributed by atoms with Crippen LogP contribution in [-0.4, -0.2) is 67.9 Å². The topological polar surface area (TPSA) is 106 Å². The molecule has 12 heteroatoms. The molecular weight excluding hydrogens is 729 g/mol. The highest BCUT2D eigenvalue weighted by atomic mass is 19.1. The third kappa shape index (κ3) is 6.04. The van der Waals surface area contributed by atoms with E-state index in [1.807, 2.05) is 72.8 Å². The molecule has 3 heterocycles. The van der Waals surface area contributed by atoms with E-state index in [4.69, 9.17) is 14.2 Å². The maximum atomic E-state index is 15.6. The number of hydrogen-bond acceptors (Lipinski definition) is 9. The maximum absolute atomic E-state index is 15.6. The van der Waals surface area contributed by atoms with Gasteiger partial charge in [-0.15, -0.1) is 10.2 Å². The van der Waals surface area contributed by atoms with E-state index in [0.717, 1.165) is 50.6 Å². The van der Waals surface area contributed by atoms with Crippen molar-refractivity contribution in [3.8, 4) is 39.3 Å². The van der Waals surface area contributed by atoms with Crippen LogP contribution in [0.5, 0.6) is 5.75 Å². The van der Waals surface area contributed by atoms with Gasteiger partial charge in [0.25, 0.3) is 0 Å². The fourth-order valence-corrected chi connectivity index (χ4v) is 8.84. The van der Waals surface area contributed by atoms with E-state index in [-0.39, 0.29) is 54.7 Å². The predicted molar refractivity (Wildman–Crippen MR) is 209 cm³/mol. The number of amides is 1. The predicted octanol–water partition coefficient (Wildman–Crippen LogP) is 8.30. The summed E-state index contributed by atoms with van der Waals surface area (Å²) in [5.41, 5.74) is 8.97. The third-order valence-electron chi connectivity index (χ3n) is 11.4. The van der Waals surface area contributed by atoms with Crippen LogP contribution >= 0.6 is 0 Å². The first kappa shape index (κ1) is 34.8. The van der Waals surface area contributed by atoms with Crippen LogP contribution in [0.15, 0.2) is 115 Å². The zero-order valence-electron chi connectivity index (χ0n) is 30.5. The number of carbonyl (C=O) groups is 2. The Morgan fingerprint density at radius 3 is 1.86 bits per heavy atom. The summed E-state index contributed by atoms with van der Waals surface area (Å²) in [4.78, 5) is 30.7. The molecule has 1 aromatic heterocycles. The first-order chi connectivity index (χ1) is 27.9. The Labute approximate surface area is 326 Å². The fourth-order valence-electron chi connectivity index (χ4n) is 8.84. The van der Waals surface area contributed by atoms with E-state index in [9.17, 15) is 14.0 Å². The summed E-state index contributed by atoms with van der Waals surface area (Å²) in [6.07, 6.45) is -1.74. The average Bonchev–Trinajstić information content (AvgIpc) is 3.74. The van der Waals surface area contributed by atoms with Gasteiger partial charge in [0.2, 0.25) is 0 Å². The van der Waals surface area contributed by atoms with Crippen molar-refractivity contribution < 1.29 is 32.6 Å². The van der Waals surface area contributed by atoms with Crippen LogP contribution in [0.3, 0.4) is 0 Å². The average molecular weight is 764 g/mol. The molecule has 0 unspecified atom stereocenters. The Morgan fingerprint density at radius 1 is 0.702 bits per heavy atom. The Morgan fingerprint density at radius 2 is 1.26 bits per heavy atom. The summed E-state index contributed by atoms with van der Waals surface area (Å²) in [5.74, 6) is -2.69. The van der Waals surface area contributed by atoms with Gasteiger partial charge in [-0.1, -0.05) is 97.1 Å². The molecule has 5 aromatic carbocycles. The molecule has 2 aliphatic heterocycles. The summed E-state index contributed by atoms with van der Waals surface area (Å²) in [5, 5.41) is 12.2. The van der Waals surface area contributed by atoms with E-state index in [1.165, 1.54) is 4.90 Å². The summed E-state index contributed by atoms with van der Waals surface area (Å²) >= 11 is 0. The highest BCUT2D eigenvalue weighted by molar-refractivity contribution is 5.93.